The molecule has 1 N–H and O–H groups in total. The van der Waals surface area contributed by atoms with E-state index in [1.807, 2.05) is 24.3 Å². The topological polar surface area (TPSA) is 46.4 Å². The second-order valence-corrected chi connectivity index (χ2v) is 6.98. The third kappa shape index (κ3) is 4.47. The van der Waals surface area contributed by atoms with Crippen molar-refractivity contribution in [2.75, 3.05) is 0 Å². The molecule has 0 aliphatic carbocycles. The summed E-state index contributed by atoms with van der Waals surface area (Å²) < 4.78 is 2.20. The van der Waals surface area contributed by atoms with Crippen LogP contribution in [0.4, 0.5) is 0 Å². The third-order valence-corrected chi connectivity index (χ3v) is 4.75. The van der Waals surface area contributed by atoms with E-state index in [1.54, 1.807) is 18.3 Å². The summed E-state index contributed by atoms with van der Waals surface area (Å²) in [7, 11) is 0. The molecule has 0 fully saturated rings. The van der Waals surface area contributed by atoms with Gasteiger partial charge in [0.2, 0.25) is 5.91 Å². The van der Waals surface area contributed by atoms with Crippen molar-refractivity contribution in [3.05, 3.63) is 87.7 Å². The van der Waals surface area contributed by atoms with Crippen LogP contribution < -0.4 is 5.43 Å². The number of nitrogens with one attached hydrogen (secondary N) is 1. The van der Waals surface area contributed by atoms with E-state index in [1.165, 1.54) is 5.56 Å². The summed E-state index contributed by atoms with van der Waals surface area (Å²) in [6.45, 7) is 6.21. The van der Waals surface area contributed by atoms with Gasteiger partial charge in [0.15, 0.2) is 0 Å². The zero-order chi connectivity index (χ0) is 19.4. The number of amides is 1. The molecule has 0 unspecified atom stereocenters. The fourth-order valence-electron chi connectivity index (χ4n) is 3.10. The quantitative estimate of drug-likeness (QED) is 0.504. The molecule has 5 heteroatoms. The molecule has 0 bridgehead atoms. The van der Waals surface area contributed by atoms with Crippen LogP contribution in [0.3, 0.4) is 0 Å². The Morgan fingerprint density at radius 2 is 1.81 bits per heavy atom. The zero-order valence-corrected chi connectivity index (χ0v) is 16.4. The van der Waals surface area contributed by atoms with E-state index in [0.717, 1.165) is 28.2 Å². The summed E-state index contributed by atoms with van der Waals surface area (Å²) in [6, 6.07) is 17.5. The van der Waals surface area contributed by atoms with Gasteiger partial charge in [0, 0.05) is 27.7 Å². The van der Waals surface area contributed by atoms with Crippen LogP contribution in [0.25, 0.3) is 5.69 Å². The monoisotopic (exact) mass is 379 g/mol. The first-order valence-electron chi connectivity index (χ1n) is 8.77. The molecule has 0 saturated carbocycles. The molecule has 4 nitrogen and oxygen atoms in total. The van der Waals surface area contributed by atoms with Gasteiger partial charge >= 0.3 is 0 Å². The summed E-state index contributed by atoms with van der Waals surface area (Å²) in [5.41, 5.74) is 9.02. The number of carbonyl (C=O) groups is 1. The number of halogens is 1. The predicted octanol–water partition coefficient (Wildman–Crippen LogP) is 4.75. The average molecular weight is 380 g/mol. The lowest BCUT2D eigenvalue weighted by atomic mass is 10.1. The molecule has 0 saturated heterocycles. The first-order valence-corrected chi connectivity index (χ1v) is 9.15. The summed E-state index contributed by atoms with van der Waals surface area (Å²) in [5, 5.41) is 4.78. The number of hydrazone groups is 1. The smallest absolute Gasteiger partial charge is 0.244 e. The second kappa shape index (κ2) is 8.23. The van der Waals surface area contributed by atoms with Crippen molar-refractivity contribution in [3.63, 3.8) is 0 Å². The second-order valence-electron chi connectivity index (χ2n) is 6.54. The summed E-state index contributed by atoms with van der Waals surface area (Å²) >= 11 is 5.86. The maximum absolute atomic E-state index is 12.0. The van der Waals surface area contributed by atoms with Gasteiger partial charge in [0.25, 0.3) is 0 Å². The van der Waals surface area contributed by atoms with Gasteiger partial charge in [0.1, 0.15) is 0 Å². The van der Waals surface area contributed by atoms with Crippen LogP contribution in [0.15, 0.2) is 59.7 Å². The Labute approximate surface area is 164 Å². The van der Waals surface area contributed by atoms with Crippen molar-refractivity contribution in [3.8, 4) is 5.69 Å². The van der Waals surface area contributed by atoms with Crippen molar-refractivity contribution in [2.45, 2.75) is 27.2 Å². The third-order valence-electron chi connectivity index (χ3n) is 4.50. The number of rotatable bonds is 5. The highest BCUT2D eigenvalue weighted by atomic mass is 35.5. The van der Waals surface area contributed by atoms with Gasteiger partial charge in [0.05, 0.1) is 12.6 Å². The van der Waals surface area contributed by atoms with Gasteiger partial charge in [-0.3, -0.25) is 4.79 Å². The minimum absolute atomic E-state index is 0.165. The van der Waals surface area contributed by atoms with Crippen LogP contribution in [-0.4, -0.2) is 16.7 Å². The first kappa shape index (κ1) is 18.9. The molecule has 0 aliphatic heterocycles. The predicted molar refractivity (Wildman–Crippen MR) is 111 cm³/mol. The van der Waals surface area contributed by atoms with Gasteiger partial charge < -0.3 is 4.57 Å². The molecule has 2 aromatic carbocycles. The highest BCUT2D eigenvalue weighted by molar-refractivity contribution is 6.30. The highest BCUT2D eigenvalue weighted by Gasteiger charge is 2.11. The molecule has 0 spiro atoms. The SMILES string of the molecule is Cc1ccccc1-n1c(C)cc(/C=N\NC(=O)Cc2ccc(Cl)cc2)c1C. The number of nitrogens with zero attached hydrogens (tertiary/aromatic N) is 2. The minimum Gasteiger partial charge on any atom is -0.318 e. The molecule has 138 valence electrons. The van der Waals surface area contributed by atoms with Gasteiger partial charge in [-0.25, -0.2) is 5.43 Å². The Bertz CT molecular complexity index is 987. The van der Waals surface area contributed by atoms with Crippen molar-refractivity contribution in [2.24, 2.45) is 5.10 Å². The van der Waals surface area contributed by atoms with E-state index >= 15 is 0 Å². The van der Waals surface area contributed by atoms with Gasteiger partial charge in [-0.2, -0.15) is 5.10 Å². The first-order chi connectivity index (χ1) is 13.0. The normalized spacial score (nSPS) is 11.1. The summed E-state index contributed by atoms with van der Waals surface area (Å²) in [5.74, 6) is -0.165. The molecular weight excluding hydrogens is 358 g/mol. The Kier molecular flexibility index (Phi) is 5.77. The van der Waals surface area contributed by atoms with Crippen LogP contribution in [-0.2, 0) is 11.2 Å². The van der Waals surface area contributed by atoms with Crippen molar-refractivity contribution in [1.29, 1.82) is 0 Å². The number of benzene rings is 2. The summed E-state index contributed by atoms with van der Waals surface area (Å²) in [6.07, 6.45) is 1.95. The number of hydrogen-bond donors (Lipinski definition) is 1. The number of carbonyl (C=O) groups excluding carboxylic acids is 1. The van der Waals surface area contributed by atoms with Gasteiger partial charge in [-0.15, -0.1) is 0 Å². The van der Waals surface area contributed by atoms with Crippen molar-refractivity contribution < 1.29 is 4.79 Å². The fourth-order valence-corrected chi connectivity index (χ4v) is 3.23. The number of hydrogen-bond acceptors (Lipinski definition) is 2. The maximum Gasteiger partial charge on any atom is 0.244 e. The van der Waals surface area contributed by atoms with Crippen LogP contribution >= 0.6 is 11.6 Å². The van der Waals surface area contributed by atoms with E-state index in [2.05, 4.69) is 54.1 Å². The van der Waals surface area contributed by atoms with Gasteiger partial charge in [-0.05, 0) is 56.2 Å². The molecule has 27 heavy (non-hydrogen) atoms. The van der Waals surface area contributed by atoms with E-state index in [4.69, 9.17) is 11.6 Å². The van der Waals surface area contributed by atoms with E-state index in [9.17, 15) is 4.79 Å². The standard InChI is InChI=1S/C22H22ClN3O/c1-15-6-4-5-7-21(15)26-16(2)12-19(17(26)3)14-24-25-22(27)13-18-8-10-20(23)11-9-18/h4-12,14H,13H2,1-3H3,(H,25,27)/b24-14-. The van der Waals surface area contributed by atoms with Gasteiger partial charge in [-0.1, -0.05) is 41.9 Å². The lowest BCUT2D eigenvalue weighted by Crippen LogP contribution is -2.19. The Morgan fingerprint density at radius 3 is 2.52 bits per heavy atom. The van der Waals surface area contributed by atoms with E-state index < -0.39 is 0 Å². The fraction of sp³-hybridized carbons (Fsp3) is 0.182. The molecule has 0 radical (unpaired) electrons. The van der Waals surface area contributed by atoms with Crippen LogP contribution in [0.1, 0.15) is 28.1 Å². The minimum atomic E-state index is -0.165. The summed E-state index contributed by atoms with van der Waals surface area (Å²) in [4.78, 5) is 12.0. The zero-order valence-electron chi connectivity index (χ0n) is 15.7. The number of para-hydroxylation sites is 1. The largest absolute Gasteiger partial charge is 0.318 e. The molecule has 1 aromatic heterocycles. The number of aryl methyl sites for hydroxylation is 2. The lowest BCUT2D eigenvalue weighted by molar-refractivity contribution is -0.120. The van der Waals surface area contributed by atoms with Crippen LogP contribution in [0.2, 0.25) is 5.02 Å². The molecule has 0 atom stereocenters. The van der Waals surface area contributed by atoms with E-state index in [-0.39, 0.29) is 12.3 Å². The van der Waals surface area contributed by atoms with Crippen LogP contribution in [0.5, 0.6) is 0 Å². The molecule has 1 heterocycles. The van der Waals surface area contributed by atoms with Crippen LogP contribution in [0, 0.1) is 20.8 Å². The lowest BCUT2D eigenvalue weighted by Gasteiger charge is -2.12. The molecule has 3 rings (SSSR count). The van der Waals surface area contributed by atoms with Crippen molar-refractivity contribution >= 4 is 23.7 Å². The Balaban J connectivity index is 1.71. The Hall–Kier alpha value is -2.85. The Morgan fingerprint density at radius 1 is 1.11 bits per heavy atom. The molecule has 1 amide bonds. The molecule has 0 aliphatic rings. The molecular formula is C22H22ClN3O. The number of aromatic nitrogens is 1. The average Bonchev–Trinajstić information content (AvgIpc) is 2.91. The highest BCUT2D eigenvalue weighted by Crippen LogP contribution is 2.22. The maximum atomic E-state index is 12.0. The van der Waals surface area contributed by atoms with Crippen molar-refractivity contribution in [1.82, 2.24) is 9.99 Å². The molecule has 3 aromatic rings. The van der Waals surface area contributed by atoms with E-state index in [0.29, 0.717) is 5.02 Å².